The molecule has 264 valence electrons. The summed E-state index contributed by atoms with van der Waals surface area (Å²) in [5.74, 6) is 0. The quantitative estimate of drug-likeness (QED) is 0.0553. The first-order valence-electron chi connectivity index (χ1n) is 20.2. The lowest BCUT2D eigenvalue weighted by molar-refractivity contribution is -0.870. The van der Waals surface area contributed by atoms with Gasteiger partial charge in [-0.05, 0) is 25.7 Å². The molecule has 0 heterocycles. The SMILES string of the molecule is CCCCCCCCCCCCCCCCN(CCCCCCCCCCCCCCCC)C(=O)NCCCC[N+](C)(C)C. The van der Waals surface area contributed by atoms with Gasteiger partial charge in [-0.2, -0.15) is 0 Å². The Bertz CT molecular complexity index is 541. The van der Waals surface area contributed by atoms with E-state index in [0.29, 0.717) is 0 Å². The Hall–Kier alpha value is -0.770. The molecule has 0 radical (unpaired) electrons. The highest BCUT2D eigenvalue weighted by Gasteiger charge is 2.13. The van der Waals surface area contributed by atoms with Crippen LogP contribution in [0.4, 0.5) is 4.79 Å². The molecule has 0 unspecified atom stereocenters. The highest BCUT2D eigenvalue weighted by molar-refractivity contribution is 5.74. The second-order valence-electron chi connectivity index (χ2n) is 15.1. The molecular formula is C40H84N3O+. The lowest BCUT2D eigenvalue weighted by Gasteiger charge is -2.25. The Balaban J connectivity index is 4.02. The lowest BCUT2D eigenvalue weighted by atomic mass is 10.0. The fourth-order valence-electron chi connectivity index (χ4n) is 6.33. The summed E-state index contributed by atoms with van der Waals surface area (Å²) in [7, 11) is 6.73. The van der Waals surface area contributed by atoms with Crippen molar-refractivity contribution in [3.63, 3.8) is 0 Å². The van der Waals surface area contributed by atoms with E-state index in [-0.39, 0.29) is 6.03 Å². The summed E-state index contributed by atoms with van der Waals surface area (Å²) in [4.78, 5) is 15.2. The minimum Gasteiger partial charge on any atom is -0.338 e. The van der Waals surface area contributed by atoms with Gasteiger partial charge in [0.1, 0.15) is 0 Å². The zero-order valence-electron chi connectivity index (χ0n) is 31.3. The lowest BCUT2D eigenvalue weighted by Crippen LogP contribution is -2.42. The molecule has 0 aliphatic rings. The molecule has 44 heavy (non-hydrogen) atoms. The predicted molar refractivity (Wildman–Crippen MR) is 198 cm³/mol. The first-order valence-corrected chi connectivity index (χ1v) is 20.2. The molecule has 1 N–H and O–H groups in total. The van der Waals surface area contributed by atoms with Crippen LogP contribution in [0.3, 0.4) is 0 Å². The van der Waals surface area contributed by atoms with Crippen molar-refractivity contribution in [2.75, 3.05) is 47.3 Å². The van der Waals surface area contributed by atoms with E-state index >= 15 is 0 Å². The first kappa shape index (κ1) is 43.2. The summed E-state index contributed by atoms with van der Waals surface area (Å²) in [6, 6.07) is 0.180. The number of carbonyl (C=O) groups excluding carboxylic acids is 1. The monoisotopic (exact) mass is 623 g/mol. The fourth-order valence-corrected chi connectivity index (χ4v) is 6.33. The van der Waals surface area contributed by atoms with Crippen LogP contribution in [0.1, 0.15) is 206 Å². The smallest absolute Gasteiger partial charge is 0.317 e. The molecule has 0 aromatic heterocycles. The number of nitrogens with zero attached hydrogens (tertiary/aromatic N) is 2. The molecule has 4 nitrogen and oxygen atoms in total. The highest BCUT2D eigenvalue weighted by atomic mass is 16.2. The van der Waals surface area contributed by atoms with E-state index in [1.165, 1.54) is 173 Å². The van der Waals surface area contributed by atoms with Crippen LogP contribution in [0.2, 0.25) is 0 Å². The van der Waals surface area contributed by atoms with Crippen molar-refractivity contribution in [1.29, 1.82) is 0 Å². The van der Waals surface area contributed by atoms with Crippen LogP contribution in [0, 0.1) is 0 Å². The highest BCUT2D eigenvalue weighted by Crippen LogP contribution is 2.15. The van der Waals surface area contributed by atoms with E-state index in [4.69, 9.17) is 0 Å². The maximum atomic E-state index is 13.0. The van der Waals surface area contributed by atoms with Crippen molar-refractivity contribution in [1.82, 2.24) is 10.2 Å². The van der Waals surface area contributed by atoms with Crippen LogP contribution in [0.25, 0.3) is 0 Å². The molecule has 0 rings (SSSR count). The van der Waals surface area contributed by atoms with Crippen LogP contribution < -0.4 is 5.32 Å². The second-order valence-corrected chi connectivity index (χ2v) is 15.1. The van der Waals surface area contributed by atoms with Gasteiger partial charge in [0.2, 0.25) is 0 Å². The van der Waals surface area contributed by atoms with E-state index in [2.05, 4.69) is 45.2 Å². The van der Waals surface area contributed by atoms with E-state index in [1.807, 2.05) is 0 Å². The van der Waals surface area contributed by atoms with Gasteiger partial charge in [-0.3, -0.25) is 0 Å². The number of amides is 2. The third-order valence-corrected chi connectivity index (χ3v) is 9.38. The summed E-state index contributed by atoms with van der Waals surface area (Å²) in [5, 5.41) is 3.25. The molecule has 0 saturated heterocycles. The molecule has 4 heteroatoms. The maximum absolute atomic E-state index is 13.0. The number of hydrogen-bond donors (Lipinski definition) is 1. The van der Waals surface area contributed by atoms with Crippen LogP contribution in [0.15, 0.2) is 0 Å². The van der Waals surface area contributed by atoms with Gasteiger partial charge in [0.05, 0.1) is 27.7 Å². The third kappa shape index (κ3) is 34.1. The van der Waals surface area contributed by atoms with E-state index in [0.717, 1.165) is 49.9 Å². The third-order valence-electron chi connectivity index (χ3n) is 9.38. The van der Waals surface area contributed by atoms with Gasteiger partial charge in [-0.25, -0.2) is 4.79 Å². The standard InChI is InChI=1S/C40H83N3O/c1-6-8-10-12-14-16-18-20-22-24-26-28-30-33-37-42(40(44)41-36-32-35-39-43(3,4)5)38-34-31-29-27-25-23-21-19-17-15-13-11-9-7-2/h6-39H2,1-5H3/p+1. The summed E-state index contributed by atoms with van der Waals surface area (Å²) < 4.78 is 0.998. The second kappa shape index (κ2) is 33.6. The number of rotatable bonds is 35. The Labute approximate surface area is 278 Å². The van der Waals surface area contributed by atoms with E-state index in [9.17, 15) is 4.79 Å². The number of urea groups is 1. The fraction of sp³-hybridized carbons (Fsp3) is 0.975. The number of hydrogen-bond acceptors (Lipinski definition) is 1. The molecule has 2 amide bonds. The van der Waals surface area contributed by atoms with Crippen LogP contribution in [-0.2, 0) is 0 Å². The summed E-state index contributed by atoms with van der Waals surface area (Å²) in [6.07, 6.45) is 40.9. The molecular weight excluding hydrogens is 538 g/mol. The minimum atomic E-state index is 0.180. The number of carbonyl (C=O) groups is 1. The Kier molecular flexibility index (Phi) is 33.0. The Morgan fingerprint density at radius 2 is 0.727 bits per heavy atom. The van der Waals surface area contributed by atoms with Gasteiger partial charge in [-0.15, -0.1) is 0 Å². The molecule has 0 aliphatic carbocycles. The van der Waals surface area contributed by atoms with Crippen LogP contribution in [0.5, 0.6) is 0 Å². The Morgan fingerprint density at radius 1 is 0.432 bits per heavy atom. The number of unbranched alkanes of at least 4 members (excludes halogenated alkanes) is 27. The topological polar surface area (TPSA) is 32.3 Å². The molecule has 0 fully saturated rings. The van der Waals surface area contributed by atoms with E-state index in [1.54, 1.807) is 0 Å². The van der Waals surface area contributed by atoms with Crippen molar-refractivity contribution in [2.45, 2.75) is 206 Å². The molecule has 0 aromatic carbocycles. The normalized spacial score (nSPS) is 11.8. The van der Waals surface area contributed by atoms with Gasteiger partial charge in [0.25, 0.3) is 0 Å². The largest absolute Gasteiger partial charge is 0.338 e. The maximum Gasteiger partial charge on any atom is 0.317 e. The van der Waals surface area contributed by atoms with Gasteiger partial charge < -0.3 is 14.7 Å². The van der Waals surface area contributed by atoms with Crippen molar-refractivity contribution in [2.24, 2.45) is 0 Å². The molecule has 0 aromatic rings. The predicted octanol–water partition coefficient (Wildman–Crippen LogP) is 12.4. The van der Waals surface area contributed by atoms with Crippen LogP contribution >= 0.6 is 0 Å². The zero-order chi connectivity index (χ0) is 32.4. The average molecular weight is 623 g/mol. The van der Waals surface area contributed by atoms with Crippen LogP contribution in [-0.4, -0.2) is 62.7 Å². The number of quaternary nitrogens is 1. The molecule has 0 spiro atoms. The van der Waals surface area contributed by atoms with Crippen molar-refractivity contribution >= 4 is 6.03 Å². The zero-order valence-corrected chi connectivity index (χ0v) is 31.3. The summed E-state index contributed by atoms with van der Waals surface area (Å²) >= 11 is 0. The van der Waals surface area contributed by atoms with Gasteiger partial charge in [0.15, 0.2) is 0 Å². The van der Waals surface area contributed by atoms with Crippen molar-refractivity contribution in [3.05, 3.63) is 0 Å². The van der Waals surface area contributed by atoms with Gasteiger partial charge in [0, 0.05) is 19.6 Å². The average Bonchev–Trinajstić information content (AvgIpc) is 2.99. The summed E-state index contributed by atoms with van der Waals surface area (Å²) in [6.45, 7) is 8.43. The van der Waals surface area contributed by atoms with Gasteiger partial charge >= 0.3 is 6.03 Å². The summed E-state index contributed by atoms with van der Waals surface area (Å²) in [5.41, 5.74) is 0. The van der Waals surface area contributed by atoms with Crippen molar-refractivity contribution < 1.29 is 9.28 Å². The van der Waals surface area contributed by atoms with E-state index < -0.39 is 0 Å². The molecule has 0 saturated carbocycles. The molecule has 0 aliphatic heterocycles. The van der Waals surface area contributed by atoms with Crippen molar-refractivity contribution in [3.8, 4) is 0 Å². The molecule has 0 bridgehead atoms. The molecule has 0 atom stereocenters. The Morgan fingerprint density at radius 3 is 1.02 bits per heavy atom. The first-order chi connectivity index (χ1) is 21.4. The van der Waals surface area contributed by atoms with Gasteiger partial charge in [-0.1, -0.05) is 181 Å². The minimum absolute atomic E-state index is 0.180. The number of nitrogens with one attached hydrogen (secondary N) is 1.